The van der Waals surface area contributed by atoms with Crippen LogP contribution in [0.1, 0.15) is 15.9 Å². The molecule has 2 amide bonds. The van der Waals surface area contributed by atoms with E-state index in [1.54, 1.807) is 0 Å². The Balaban J connectivity index is 2.28. The Kier molecular flexibility index (Phi) is 5.71. The molecular weight excluding hydrogens is 382 g/mol. The van der Waals surface area contributed by atoms with Crippen LogP contribution in [-0.2, 0) is 10.9 Å². The number of alkyl carbamates (subject to hydrolysis) is 1. The summed E-state index contributed by atoms with van der Waals surface area (Å²) in [4.78, 5) is 22.8. The summed E-state index contributed by atoms with van der Waals surface area (Å²) in [6.45, 7) is 0. The number of ether oxygens (including phenoxy) is 2. The first kappa shape index (κ1) is 19.5. The van der Waals surface area contributed by atoms with Gasteiger partial charge in [-0.1, -0.05) is 17.7 Å². The van der Waals surface area contributed by atoms with Crippen molar-refractivity contribution in [2.45, 2.75) is 6.18 Å². The molecule has 5 nitrogen and oxygen atoms in total. The van der Waals surface area contributed by atoms with Crippen LogP contribution >= 0.6 is 11.6 Å². The van der Waals surface area contributed by atoms with Gasteiger partial charge in [0.15, 0.2) is 11.6 Å². The van der Waals surface area contributed by atoms with Gasteiger partial charge >= 0.3 is 12.3 Å². The minimum atomic E-state index is -4.77. The number of hydrogen-bond acceptors (Lipinski definition) is 4. The van der Waals surface area contributed by atoms with Crippen molar-refractivity contribution in [1.82, 2.24) is 5.32 Å². The Morgan fingerprint density at radius 2 is 1.85 bits per heavy atom. The second kappa shape index (κ2) is 7.61. The molecule has 0 aromatic heterocycles. The fourth-order valence-electron chi connectivity index (χ4n) is 1.86. The van der Waals surface area contributed by atoms with Crippen molar-refractivity contribution in [3.8, 4) is 11.5 Å². The number of imide groups is 1. The van der Waals surface area contributed by atoms with Crippen molar-refractivity contribution in [3.05, 3.63) is 58.4 Å². The standard InChI is InChI=1S/C16H10ClF4NO4/c1-25-15(24)22-14(23)8-3-2-4-10(5-8)26-13-11(17)6-9(7-12(13)18)16(19,20)21/h2-7H,1H3,(H,22,23,24). The van der Waals surface area contributed by atoms with Gasteiger partial charge in [-0.05, 0) is 30.3 Å². The number of hydrogen-bond donors (Lipinski definition) is 1. The average Bonchev–Trinajstić information content (AvgIpc) is 2.57. The van der Waals surface area contributed by atoms with E-state index in [4.69, 9.17) is 16.3 Å². The van der Waals surface area contributed by atoms with E-state index < -0.39 is 40.3 Å². The predicted octanol–water partition coefficient (Wildman–Crippen LogP) is 4.79. The molecule has 1 N–H and O–H groups in total. The zero-order valence-electron chi connectivity index (χ0n) is 13.0. The third-order valence-corrected chi connectivity index (χ3v) is 3.32. The lowest BCUT2D eigenvalue weighted by molar-refractivity contribution is -0.137. The van der Waals surface area contributed by atoms with Crippen molar-refractivity contribution in [2.24, 2.45) is 0 Å². The van der Waals surface area contributed by atoms with Crippen molar-refractivity contribution in [2.75, 3.05) is 7.11 Å². The van der Waals surface area contributed by atoms with E-state index in [1.165, 1.54) is 18.2 Å². The molecule has 10 heteroatoms. The maximum atomic E-state index is 14.0. The number of carbonyl (C=O) groups excluding carboxylic acids is 2. The van der Waals surface area contributed by atoms with Gasteiger partial charge in [0.25, 0.3) is 5.91 Å². The summed E-state index contributed by atoms with van der Waals surface area (Å²) in [5.74, 6) is -2.86. The van der Waals surface area contributed by atoms with Crippen LogP contribution < -0.4 is 10.1 Å². The van der Waals surface area contributed by atoms with Crippen molar-refractivity contribution in [3.63, 3.8) is 0 Å². The molecule has 0 saturated heterocycles. The van der Waals surface area contributed by atoms with Crippen LogP contribution in [0, 0.1) is 5.82 Å². The second-order valence-corrected chi connectivity index (χ2v) is 5.25. The minimum absolute atomic E-state index is 0.0312. The minimum Gasteiger partial charge on any atom is -0.453 e. The van der Waals surface area contributed by atoms with Crippen LogP contribution in [0.3, 0.4) is 0 Å². The lowest BCUT2D eigenvalue weighted by Gasteiger charge is -2.13. The highest BCUT2D eigenvalue weighted by Gasteiger charge is 2.32. The molecule has 0 saturated carbocycles. The van der Waals surface area contributed by atoms with Gasteiger partial charge in [0.05, 0.1) is 17.7 Å². The number of nitrogens with one attached hydrogen (secondary N) is 1. The molecular formula is C16H10ClF4NO4. The van der Waals surface area contributed by atoms with Crippen molar-refractivity contribution >= 4 is 23.6 Å². The SMILES string of the molecule is COC(=O)NC(=O)c1cccc(Oc2c(F)cc(C(F)(F)F)cc2Cl)c1. The Hall–Kier alpha value is -2.81. The third kappa shape index (κ3) is 4.63. The molecule has 138 valence electrons. The van der Waals surface area contributed by atoms with Gasteiger partial charge in [0.2, 0.25) is 0 Å². The highest BCUT2D eigenvalue weighted by Crippen LogP contribution is 2.38. The number of alkyl halides is 3. The van der Waals surface area contributed by atoms with Gasteiger partial charge in [-0.25, -0.2) is 9.18 Å². The van der Waals surface area contributed by atoms with Gasteiger partial charge in [0.1, 0.15) is 5.75 Å². The number of carbonyl (C=O) groups is 2. The summed E-state index contributed by atoms with van der Waals surface area (Å²) in [5, 5.41) is 1.31. The Morgan fingerprint density at radius 3 is 2.42 bits per heavy atom. The zero-order valence-corrected chi connectivity index (χ0v) is 13.7. The molecule has 0 unspecified atom stereocenters. The van der Waals surface area contributed by atoms with E-state index >= 15 is 0 Å². The summed E-state index contributed by atoms with van der Waals surface area (Å²) in [5.41, 5.74) is -1.30. The smallest absolute Gasteiger partial charge is 0.416 e. The molecule has 2 aromatic rings. The van der Waals surface area contributed by atoms with Crippen LogP contribution in [0.15, 0.2) is 36.4 Å². The van der Waals surface area contributed by atoms with E-state index in [9.17, 15) is 27.2 Å². The molecule has 2 aromatic carbocycles. The Labute approximate surface area is 149 Å². The van der Waals surface area contributed by atoms with Gasteiger partial charge in [0, 0.05) is 5.56 Å². The molecule has 0 fully saturated rings. The number of methoxy groups -OCH3 is 1. The van der Waals surface area contributed by atoms with Gasteiger partial charge in [-0.3, -0.25) is 10.1 Å². The molecule has 0 aliphatic rings. The van der Waals surface area contributed by atoms with Crippen LogP contribution in [0.25, 0.3) is 0 Å². The first-order chi connectivity index (χ1) is 12.1. The predicted molar refractivity (Wildman–Crippen MR) is 82.8 cm³/mol. The Morgan fingerprint density at radius 1 is 1.15 bits per heavy atom. The average molecular weight is 392 g/mol. The monoisotopic (exact) mass is 391 g/mol. The van der Waals surface area contributed by atoms with Crippen molar-refractivity contribution < 1.29 is 36.6 Å². The lowest BCUT2D eigenvalue weighted by atomic mass is 10.2. The van der Waals surface area contributed by atoms with Crippen LogP contribution in [0.4, 0.5) is 22.4 Å². The van der Waals surface area contributed by atoms with Gasteiger partial charge in [-0.2, -0.15) is 13.2 Å². The first-order valence-electron chi connectivity index (χ1n) is 6.85. The first-order valence-corrected chi connectivity index (χ1v) is 7.23. The van der Waals surface area contributed by atoms with E-state index in [0.29, 0.717) is 6.07 Å². The molecule has 0 aliphatic heterocycles. The number of halogens is 5. The van der Waals surface area contributed by atoms with E-state index in [0.717, 1.165) is 13.2 Å². The molecule has 0 spiro atoms. The Bertz CT molecular complexity index is 831. The molecule has 0 radical (unpaired) electrons. The van der Waals surface area contributed by atoms with Crippen LogP contribution in [0.2, 0.25) is 5.02 Å². The normalized spacial score (nSPS) is 11.0. The highest BCUT2D eigenvalue weighted by atomic mass is 35.5. The maximum absolute atomic E-state index is 14.0. The number of benzene rings is 2. The topological polar surface area (TPSA) is 64.6 Å². The molecule has 26 heavy (non-hydrogen) atoms. The molecule has 0 heterocycles. The van der Waals surface area contributed by atoms with E-state index in [1.807, 2.05) is 5.32 Å². The molecule has 2 rings (SSSR count). The maximum Gasteiger partial charge on any atom is 0.416 e. The quantitative estimate of drug-likeness (QED) is 0.764. The van der Waals surface area contributed by atoms with E-state index in [2.05, 4.69) is 4.74 Å². The fraction of sp³-hybridized carbons (Fsp3) is 0.125. The largest absolute Gasteiger partial charge is 0.453 e. The third-order valence-electron chi connectivity index (χ3n) is 3.04. The van der Waals surface area contributed by atoms with E-state index in [-0.39, 0.29) is 17.4 Å². The molecule has 0 aliphatic carbocycles. The van der Waals surface area contributed by atoms with Gasteiger partial charge in [-0.15, -0.1) is 0 Å². The summed E-state index contributed by atoms with van der Waals surface area (Å²) in [6.07, 6.45) is -5.76. The molecule has 0 atom stereocenters. The van der Waals surface area contributed by atoms with Crippen molar-refractivity contribution in [1.29, 1.82) is 0 Å². The summed E-state index contributed by atoms with van der Waals surface area (Å²) < 4.78 is 61.3. The highest BCUT2D eigenvalue weighted by molar-refractivity contribution is 6.32. The summed E-state index contributed by atoms with van der Waals surface area (Å²) >= 11 is 5.68. The fourth-order valence-corrected chi connectivity index (χ4v) is 2.10. The molecule has 0 bridgehead atoms. The number of amides is 2. The number of rotatable bonds is 3. The zero-order chi connectivity index (χ0) is 19.5. The second-order valence-electron chi connectivity index (χ2n) is 4.84. The lowest BCUT2D eigenvalue weighted by Crippen LogP contribution is -2.30. The van der Waals surface area contributed by atoms with Gasteiger partial charge < -0.3 is 9.47 Å². The summed E-state index contributed by atoms with van der Waals surface area (Å²) in [7, 11) is 1.07. The van der Waals surface area contributed by atoms with Crippen LogP contribution in [-0.4, -0.2) is 19.1 Å². The van der Waals surface area contributed by atoms with Crippen LogP contribution in [0.5, 0.6) is 11.5 Å². The summed E-state index contributed by atoms with van der Waals surface area (Å²) in [6, 6.07) is 5.92.